The maximum Gasteiger partial charge on any atom is 0.416 e. The Morgan fingerprint density at radius 3 is 2.26 bits per heavy atom. The van der Waals surface area contributed by atoms with Crippen LogP contribution in [0.5, 0.6) is 5.75 Å². The summed E-state index contributed by atoms with van der Waals surface area (Å²) in [5.41, 5.74) is -0.634. The third kappa shape index (κ3) is 6.05. The average molecular weight is 329 g/mol. The Labute approximate surface area is 136 Å². The van der Waals surface area contributed by atoms with Crippen molar-refractivity contribution >= 4 is 0 Å². The molecule has 5 heteroatoms. The van der Waals surface area contributed by atoms with Crippen LogP contribution in [0.15, 0.2) is 24.3 Å². The molecule has 1 saturated heterocycles. The Bertz CT molecular complexity index is 462. The van der Waals surface area contributed by atoms with Crippen molar-refractivity contribution in [3.8, 4) is 5.75 Å². The van der Waals surface area contributed by atoms with Gasteiger partial charge in [-0.1, -0.05) is 13.8 Å². The van der Waals surface area contributed by atoms with Gasteiger partial charge in [-0.05, 0) is 62.4 Å². The summed E-state index contributed by atoms with van der Waals surface area (Å²) in [5, 5.41) is 0. The monoisotopic (exact) mass is 329 g/mol. The van der Waals surface area contributed by atoms with Crippen LogP contribution in [-0.4, -0.2) is 30.6 Å². The van der Waals surface area contributed by atoms with E-state index in [0.717, 1.165) is 50.5 Å². The predicted octanol–water partition coefficient (Wildman–Crippen LogP) is 4.98. The predicted molar refractivity (Wildman–Crippen MR) is 85.6 cm³/mol. The molecule has 0 aliphatic carbocycles. The van der Waals surface area contributed by atoms with Crippen LogP contribution in [-0.2, 0) is 6.18 Å². The highest BCUT2D eigenvalue weighted by Crippen LogP contribution is 2.30. The molecule has 2 nitrogen and oxygen atoms in total. The summed E-state index contributed by atoms with van der Waals surface area (Å²) in [6.07, 6.45) is 0.156. The van der Waals surface area contributed by atoms with E-state index in [-0.39, 0.29) is 6.10 Å². The summed E-state index contributed by atoms with van der Waals surface area (Å²) >= 11 is 0. The number of likely N-dealkylation sites (tertiary alicyclic amines) is 1. The maximum absolute atomic E-state index is 12.5. The minimum absolute atomic E-state index is 0.105. The molecule has 0 aromatic heterocycles. The Kier molecular flexibility index (Phi) is 6.33. The summed E-state index contributed by atoms with van der Waals surface area (Å²) in [4.78, 5) is 2.45. The molecule has 0 amide bonds. The lowest BCUT2D eigenvalue weighted by atomic mass is 10.1. The molecule has 2 rings (SSSR count). The number of alkyl halides is 3. The van der Waals surface area contributed by atoms with Crippen LogP contribution in [0.2, 0.25) is 0 Å². The van der Waals surface area contributed by atoms with Gasteiger partial charge in [0.2, 0.25) is 0 Å². The van der Waals surface area contributed by atoms with E-state index in [4.69, 9.17) is 4.74 Å². The molecule has 23 heavy (non-hydrogen) atoms. The number of halogens is 3. The zero-order chi connectivity index (χ0) is 16.9. The molecule has 0 atom stereocenters. The normalized spacial score (nSPS) is 17.7. The first-order valence-corrected chi connectivity index (χ1v) is 8.41. The van der Waals surface area contributed by atoms with Gasteiger partial charge in [-0.15, -0.1) is 0 Å². The fourth-order valence-corrected chi connectivity index (χ4v) is 2.89. The Morgan fingerprint density at radius 2 is 1.74 bits per heavy atom. The minimum atomic E-state index is -4.29. The minimum Gasteiger partial charge on any atom is -0.490 e. The van der Waals surface area contributed by atoms with Crippen molar-refractivity contribution < 1.29 is 17.9 Å². The van der Waals surface area contributed by atoms with Gasteiger partial charge < -0.3 is 9.64 Å². The summed E-state index contributed by atoms with van der Waals surface area (Å²) in [7, 11) is 0. The number of benzene rings is 1. The van der Waals surface area contributed by atoms with Crippen molar-refractivity contribution in [2.45, 2.75) is 51.8 Å². The molecule has 0 unspecified atom stereocenters. The first-order chi connectivity index (χ1) is 10.8. The van der Waals surface area contributed by atoms with Crippen molar-refractivity contribution in [2.75, 3.05) is 19.6 Å². The Balaban J connectivity index is 1.74. The smallest absolute Gasteiger partial charge is 0.416 e. The molecule has 1 heterocycles. The van der Waals surface area contributed by atoms with Crippen LogP contribution < -0.4 is 4.74 Å². The van der Waals surface area contributed by atoms with Gasteiger partial charge in [-0.3, -0.25) is 0 Å². The SMILES string of the molecule is CC(C)CCCN1CCC(Oc2ccc(C(F)(F)F)cc2)CC1. The molecular formula is C18H26F3NO. The third-order valence-electron chi connectivity index (χ3n) is 4.27. The zero-order valence-electron chi connectivity index (χ0n) is 13.9. The number of ether oxygens (including phenoxy) is 1. The second kappa shape index (κ2) is 8.04. The molecule has 0 spiro atoms. The number of hydrogen-bond donors (Lipinski definition) is 0. The van der Waals surface area contributed by atoms with Crippen molar-refractivity contribution in [1.29, 1.82) is 0 Å². The number of rotatable bonds is 6. The summed E-state index contributed by atoms with van der Waals surface area (Å²) in [6.45, 7) is 7.62. The molecule has 1 aliphatic rings. The summed E-state index contributed by atoms with van der Waals surface area (Å²) in [6, 6.07) is 4.99. The van der Waals surface area contributed by atoms with Gasteiger partial charge in [0, 0.05) is 13.1 Å². The second-order valence-electron chi connectivity index (χ2n) is 6.72. The highest BCUT2D eigenvalue weighted by Gasteiger charge is 2.30. The van der Waals surface area contributed by atoms with E-state index in [1.54, 1.807) is 0 Å². The first kappa shape index (κ1) is 18.1. The maximum atomic E-state index is 12.5. The van der Waals surface area contributed by atoms with Crippen molar-refractivity contribution in [3.05, 3.63) is 29.8 Å². The topological polar surface area (TPSA) is 12.5 Å². The van der Waals surface area contributed by atoms with E-state index in [0.29, 0.717) is 5.75 Å². The van der Waals surface area contributed by atoms with Crippen molar-refractivity contribution in [1.82, 2.24) is 4.90 Å². The highest BCUT2D eigenvalue weighted by molar-refractivity contribution is 5.29. The molecule has 130 valence electrons. The van der Waals surface area contributed by atoms with E-state index >= 15 is 0 Å². The van der Waals surface area contributed by atoms with E-state index in [9.17, 15) is 13.2 Å². The van der Waals surface area contributed by atoms with Gasteiger partial charge in [-0.25, -0.2) is 0 Å². The van der Waals surface area contributed by atoms with E-state index in [1.165, 1.54) is 25.0 Å². The molecule has 0 N–H and O–H groups in total. The van der Waals surface area contributed by atoms with Crippen LogP contribution in [0.3, 0.4) is 0 Å². The molecule has 0 radical (unpaired) electrons. The lowest BCUT2D eigenvalue weighted by molar-refractivity contribution is -0.137. The molecule has 0 bridgehead atoms. The summed E-state index contributed by atoms with van der Waals surface area (Å²) in [5.74, 6) is 1.27. The molecule has 1 aliphatic heterocycles. The van der Waals surface area contributed by atoms with Crippen molar-refractivity contribution in [3.63, 3.8) is 0 Å². The van der Waals surface area contributed by atoms with E-state index < -0.39 is 11.7 Å². The fraction of sp³-hybridized carbons (Fsp3) is 0.667. The largest absolute Gasteiger partial charge is 0.490 e. The van der Waals surface area contributed by atoms with Gasteiger partial charge in [0.25, 0.3) is 0 Å². The molecular weight excluding hydrogens is 303 g/mol. The number of nitrogens with zero attached hydrogens (tertiary/aromatic N) is 1. The lowest BCUT2D eigenvalue weighted by Gasteiger charge is -2.32. The standard InChI is InChI=1S/C18H26F3NO/c1-14(2)4-3-11-22-12-9-17(10-13-22)23-16-7-5-15(6-8-16)18(19,20)21/h5-8,14,17H,3-4,9-13H2,1-2H3. The van der Waals surface area contributed by atoms with Crippen LogP contribution in [0, 0.1) is 5.92 Å². The average Bonchev–Trinajstić information content (AvgIpc) is 2.48. The highest BCUT2D eigenvalue weighted by atomic mass is 19.4. The molecule has 1 aromatic rings. The summed E-state index contributed by atoms with van der Waals surface area (Å²) < 4.78 is 43.4. The Morgan fingerprint density at radius 1 is 1.13 bits per heavy atom. The molecule has 1 fully saturated rings. The molecule has 1 aromatic carbocycles. The Hall–Kier alpha value is -1.23. The van der Waals surface area contributed by atoms with Gasteiger partial charge in [0.1, 0.15) is 11.9 Å². The number of piperidine rings is 1. The van der Waals surface area contributed by atoms with Crippen LogP contribution >= 0.6 is 0 Å². The fourth-order valence-electron chi connectivity index (χ4n) is 2.89. The van der Waals surface area contributed by atoms with E-state index in [2.05, 4.69) is 18.7 Å². The van der Waals surface area contributed by atoms with Gasteiger partial charge in [-0.2, -0.15) is 13.2 Å². The van der Waals surface area contributed by atoms with E-state index in [1.807, 2.05) is 0 Å². The van der Waals surface area contributed by atoms with Crippen LogP contribution in [0.4, 0.5) is 13.2 Å². The third-order valence-corrected chi connectivity index (χ3v) is 4.27. The van der Waals surface area contributed by atoms with Crippen molar-refractivity contribution in [2.24, 2.45) is 5.92 Å². The zero-order valence-corrected chi connectivity index (χ0v) is 13.9. The first-order valence-electron chi connectivity index (χ1n) is 8.41. The van der Waals surface area contributed by atoms with Gasteiger partial charge >= 0.3 is 6.18 Å². The lowest BCUT2D eigenvalue weighted by Crippen LogP contribution is -2.38. The van der Waals surface area contributed by atoms with Gasteiger partial charge in [0.05, 0.1) is 5.56 Å². The van der Waals surface area contributed by atoms with Crippen LogP contribution in [0.25, 0.3) is 0 Å². The number of hydrogen-bond acceptors (Lipinski definition) is 2. The second-order valence-corrected chi connectivity index (χ2v) is 6.72. The van der Waals surface area contributed by atoms with Gasteiger partial charge in [0.15, 0.2) is 0 Å². The van der Waals surface area contributed by atoms with Crippen LogP contribution in [0.1, 0.15) is 45.1 Å². The molecule has 0 saturated carbocycles. The quantitative estimate of drug-likeness (QED) is 0.729.